The van der Waals surface area contributed by atoms with E-state index in [1.807, 2.05) is 0 Å². The van der Waals surface area contributed by atoms with Crippen LogP contribution in [0.15, 0.2) is 12.1 Å². The van der Waals surface area contributed by atoms with Gasteiger partial charge in [0.15, 0.2) is 0 Å². The number of hydrogen-bond donors (Lipinski definition) is 1. The first kappa shape index (κ1) is 21.2. The van der Waals surface area contributed by atoms with E-state index in [2.05, 4.69) is 0 Å². The highest BCUT2D eigenvalue weighted by molar-refractivity contribution is 6.40. The fourth-order valence-electron chi connectivity index (χ4n) is 2.39. The van der Waals surface area contributed by atoms with E-state index in [1.165, 1.54) is 0 Å². The van der Waals surface area contributed by atoms with Crippen LogP contribution in [-0.4, -0.2) is 21.0 Å². The first-order valence-electron chi connectivity index (χ1n) is 6.82. The van der Waals surface area contributed by atoms with Crippen LogP contribution in [0, 0.1) is 5.82 Å². The van der Waals surface area contributed by atoms with Gasteiger partial charge >= 0.3 is 12.1 Å². The fourth-order valence-corrected chi connectivity index (χ4v) is 3.54. The van der Waals surface area contributed by atoms with Crippen molar-refractivity contribution in [3.63, 3.8) is 0 Å². The SMILES string of the molecule is Cn1c(Cl)c(-c2cc(C[C@H](Cl)C(=O)O)c(Cl)cc2F)c(Cl)c1C(F)(F)F. The number of carboxylic acids is 1. The number of benzene rings is 1. The minimum Gasteiger partial charge on any atom is -0.480 e. The molecule has 0 amide bonds. The molecule has 0 aliphatic rings. The van der Waals surface area contributed by atoms with E-state index in [0.29, 0.717) is 4.57 Å². The van der Waals surface area contributed by atoms with Crippen LogP contribution in [0.4, 0.5) is 17.6 Å². The Kier molecular flexibility index (Phi) is 6.07. The van der Waals surface area contributed by atoms with Gasteiger partial charge in [-0.15, -0.1) is 11.6 Å². The molecule has 1 atom stereocenters. The normalized spacial score (nSPS) is 13.1. The van der Waals surface area contributed by atoms with Crippen molar-refractivity contribution in [2.24, 2.45) is 7.05 Å². The van der Waals surface area contributed by atoms with Gasteiger partial charge in [-0.25, -0.2) is 4.39 Å². The molecule has 0 aliphatic heterocycles. The number of aromatic nitrogens is 1. The lowest BCUT2D eigenvalue weighted by Gasteiger charge is -2.11. The predicted molar refractivity (Wildman–Crippen MR) is 91.8 cm³/mol. The van der Waals surface area contributed by atoms with Crippen molar-refractivity contribution in [1.29, 1.82) is 0 Å². The number of carbonyl (C=O) groups is 1. The van der Waals surface area contributed by atoms with Gasteiger partial charge in [0.1, 0.15) is 22.0 Å². The third-order valence-electron chi connectivity index (χ3n) is 3.60. The van der Waals surface area contributed by atoms with Crippen molar-refractivity contribution in [3.05, 3.63) is 44.4 Å². The Bertz CT molecular complexity index is 880. The van der Waals surface area contributed by atoms with Crippen LogP contribution < -0.4 is 0 Å². The van der Waals surface area contributed by atoms with Crippen molar-refractivity contribution < 1.29 is 27.5 Å². The lowest BCUT2D eigenvalue weighted by molar-refractivity contribution is -0.143. The second-order valence-corrected chi connectivity index (χ2v) is 6.99. The largest absolute Gasteiger partial charge is 0.480 e. The average Bonchev–Trinajstić information content (AvgIpc) is 2.71. The molecule has 1 aromatic carbocycles. The molecule has 0 spiro atoms. The molecule has 0 saturated carbocycles. The zero-order valence-electron chi connectivity index (χ0n) is 12.8. The van der Waals surface area contributed by atoms with Crippen LogP contribution in [0.5, 0.6) is 0 Å². The zero-order chi connectivity index (χ0) is 20.0. The zero-order valence-corrected chi connectivity index (χ0v) is 15.8. The highest BCUT2D eigenvalue weighted by Crippen LogP contribution is 2.46. The third-order valence-corrected chi connectivity index (χ3v) is 5.11. The first-order chi connectivity index (χ1) is 11.9. The van der Waals surface area contributed by atoms with Crippen LogP contribution in [0.2, 0.25) is 15.2 Å². The Labute approximate surface area is 165 Å². The molecule has 2 rings (SSSR count). The second-order valence-electron chi connectivity index (χ2n) is 5.32. The number of carboxylic acid groups (broad SMARTS) is 1. The van der Waals surface area contributed by atoms with Crippen molar-refractivity contribution in [1.82, 2.24) is 4.57 Å². The van der Waals surface area contributed by atoms with E-state index in [1.54, 1.807) is 0 Å². The molecule has 1 aromatic heterocycles. The predicted octanol–water partition coefficient (Wildman–Crippen LogP) is 6.04. The summed E-state index contributed by atoms with van der Waals surface area (Å²) >= 11 is 23.3. The molecule has 2 aromatic rings. The monoisotopic (exact) mass is 451 g/mol. The molecule has 0 aliphatic carbocycles. The molecule has 0 unspecified atom stereocenters. The van der Waals surface area contributed by atoms with Crippen LogP contribution in [0.25, 0.3) is 11.1 Å². The number of nitrogens with zero attached hydrogens (tertiary/aromatic N) is 1. The number of alkyl halides is 4. The molecule has 1 heterocycles. The minimum absolute atomic E-state index is 0.120. The standard InChI is InChI=1S/C15H9Cl4F4NO2/c1-24-12(15(21,22)23)11(18)10(13(24)19)6-2-5(3-8(17)14(25)26)7(16)4-9(6)20/h2,4,8H,3H2,1H3,(H,25,26)/t8-/m0/s1. The van der Waals surface area contributed by atoms with Gasteiger partial charge in [-0.1, -0.05) is 34.8 Å². The summed E-state index contributed by atoms with van der Waals surface area (Å²) in [6, 6.07) is 1.92. The molecule has 26 heavy (non-hydrogen) atoms. The summed E-state index contributed by atoms with van der Waals surface area (Å²) in [5, 5.41) is 6.17. The Morgan fingerprint density at radius 1 is 1.27 bits per heavy atom. The van der Waals surface area contributed by atoms with Gasteiger partial charge in [-0.3, -0.25) is 4.79 Å². The summed E-state index contributed by atoms with van der Waals surface area (Å²) in [5.41, 5.74) is -1.84. The van der Waals surface area contributed by atoms with E-state index >= 15 is 0 Å². The van der Waals surface area contributed by atoms with Gasteiger partial charge < -0.3 is 9.67 Å². The van der Waals surface area contributed by atoms with Crippen LogP contribution in [-0.2, 0) is 24.4 Å². The Hall–Kier alpha value is -1.15. The fraction of sp³-hybridized carbons (Fsp3) is 0.267. The van der Waals surface area contributed by atoms with E-state index in [-0.39, 0.29) is 28.1 Å². The molecule has 0 bridgehead atoms. The Balaban J connectivity index is 2.68. The number of hydrogen-bond acceptors (Lipinski definition) is 1. The highest BCUT2D eigenvalue weighted by Gasteiger charge is 2.40. The first-order valence-corrected chi connectivity index (χ1v) is 8.39. The van der Waals surface area contributed by atoms with E-state index < -0.39 is 39.2 Å². The van der Waals surface area contributed by atoms with Crippen molar-refractivity contribution >= 4 is 52.4 Å². The van der Waals surface area contributed by atoms with Crippen molar-refractivity contribution in [2.45, 2.75) is 18.0 Å². The molecule has 0 saturated heterocycles. The maximum atomic E-state index is 14.4. The molecule has 11 heteroatoms. The summed E-state index contributed by atoms with van der Waals surface area (Å²) in [4.78, 5) is 10.9. The molecule has 1 N–H and O–H groups in total. The van der Waals surface area contributed by atoms with Crippen LogP contribution in [0.1, 0.15) is 11.3 Å². The smallest absolute Gasteiger partial charge is 0.432 e. The van der Waals surface area contributed by atoms with Crippen molar-refractivity contribution in [3.8, 4) is 11.1 Å². The van der Waals surface area contributed by atoms with E-state index in [4.69, 9.17) is 51.5 Å². The summed E-state index contributed by atoms with van der Waals surface area (Å²) in [7, 11) is 1.04. The maximum absolute atomic E-state index is 14.4. The third kappa shape index (κ3) is 3.91. The Morgan fingerprint density at radius 2 is 1.85 bits per heavy atom. The summed E-state index contributed by atoms with van der Waals surface area (Å²) in [6.45, 7) is 0. The lowest BCUT2D eigenvalue weighted by Crippen LogP contribution is -2.16. The summed E-state index contributed by atoms with van der Waals surface area (Å²) < 4.78 is 54.4. The molecule has 142 valence electrons. The van der Waals surface area contributed by atoms with Gasteiger partial charge in [0.2, 0.25) is 0 Å². The molecule has 0 radical (unpaired) electrons. The number of halogens is 8. The lowest BCUT2D eigenvalue weighted by atomic mass is 10.0. The topological polar surface area (TPSA) is 42.2 Å². The number of aliphatic carboxylic acids is 1. The molecular formula is C15H9Cl4F4NO2. The van der Waals surface area contributed by atoms with Gasteiger partial charge in [0.25, 0.3) is 0 Å². The van der Waals surface area contributed by atoms with Gasteiger partial charge in [0, 0.05) is 29.6 Å². The number of rotatable bonds is 4. The van der Waals surface area contributed by atoms with Crippen LogP contribution >= 0.6 is 46.4 Å². The summed E-state index contributed by atoms with van der Waals surface area (Å²) in [6.07, 6.45) is -5.10. The average molecular weight is 453 g/mol. The van der Waals surface area contributed by atoms with Crippen molar-refractivity contribution in [2.75, 3.05) is 0 Å². The van der Waals surface area contributed by atoms with E-state index in [9.17, 15) is 22.4 Å². The minimum atomic E-state index is -4.82. The summed E-state index contributed by atoms with van der Waals surface area (Å²) in [5.74, 6) is -2.30. The highest BCUT2D eigenvalue weighted by atomic mass is 35.5. The molecule has 3 nitrogen and oxygen atoms in total. The van der Waals surface area contributed by atoms with Gasteiger partial charge in [-0.2, -0.15) is 13.2 Å². The van der Waals surface area contributed by atoms with Crippen LogP contribution in [0.3, 0.4) is 0 Å². The second kappa shape index (κ2) is 7.46. The van der Waals surface area contributed by atoms with E-state index in [0.717, 1.165) is 19.2 Å². The quantitative estimate of drug-likeness (QED) is 0.453. The molecule has 0 fully saturated rings. The van der Waals surface area contributed by atoms with Gasteiger partial charge in [-0.05, 0) is 17.7 Å². The molecular weight excluding hydrogens is 444 g/mol. The van der Waals surface area contributed by atoms with Gasteiger partial charge in [0.05, 0.1) is 5.02 Å². The maximum Gasteiger partial charge on any atom is 0.432 e. The Morgan fingerprint density at radius 3 is 2.31 bits per heavy atom.